The summed E-state index contributed by atoms with van der Waals surface area (Å²) in [7, 11) is 0. The molecule has 4 rings (SSSR count). The fraction of sp³-hybridized carbons (Fsp3) is 0.0909. The molecule has 0 unspecified atom stereocenters. The first-order chi connectivity index (χ1) is 12.6. The van der Waals surface area contributed by atoms with E-state index < -0.39 is 0 Å². The Kier molecular flexibility index (Phi) is 4.31. The molecular weight excluding hydrogens is 344 g/mol. The van der Waals surface area contributed by atoms with Crippen LogP contribution in [0.5, 0.6) is 0 Å². The topological polar surface area (TPSA) is 32.7 Å². The first-order valence-electron chi connectivity index (χ1n) is 8.43. The van der Waals surface area contributed by atoms with E-state index in [9.17, 15) is 4.79 Å². The number of carbonyl (C=O) groups is 1. The summed E-state index contributed by atoms with van der Waals surface area (Å²) < 4.78 is 0. The van der Waals surface area contributed by atoms with Gasteiger partial charge in [0.15, 0.2) is 0 Å². The highest BCUT2D eigenvalue weighted by Crippen LogP contribution is 2.32. The summed E-state index contributed by atoms with van der Waals surface area (Å²) in [6.07, 6.45) is 0. The average Bonchev–Trinajstić information content (AvgIpc) is 2.91. The molecule has 0 N–H and O–H groups in total. The number of fused-ring (bicyclic) bond motifs is 1. The molecule has 3 aromatic carbocycles. The fourth-order valence-corrected chi connectivity index (χ4v) is 3.17. The number of hydrogen-bond donors (Lipinski definition) is 0. The standard InChI is InChI=1S/C22H17ClN2O/c1-15-6-12-18(13-7-15)24-21-19-4-2-3-5-20(19)25(22(21)26)14-16-8-10-17(23)11-9-16/h2-13H,14H2,1H3. The number of rotatable bonds is 3. The first-order valence-corrected chi connectivity index (χ1v) is 8.81. The molecule has 0 spiro atoms. The van der Waals surface area contributed by atoms with Crippen molar-refractivity contribution in [2.45, 2.75) is 13.5 Å². The Hall–Kier alpha value is -2.91. The number of para-hydroxylation sites is 1. The summed E-state index contributed by atoms with van der Waals surface area (Å²) in [6.45, 7) is 2.51. The third-order valence-electron chi connectivity index (χ3n) is 4.43. The molecule has 26 heavy (non-hydrogen) atoms. The van der Waals surface area contributed by atoms with Crippen LogP contribution < -0.4 is 4.90 Å². The van der Waals surface area contributed by atoms with Gasteiger partial charge in [0.2, 0.25) is 0 Å². The zero-order valence-corrected chi connectivity index (χ0v) is 15.1. The molecule has 1 aliphatic heterocycles. The number of hydrogen-bond acceptors (Lipinski definition) is 2. The zero-order chi connectivity index (χ0) is 18.1. The Balaban J connectivity index is 1.72. The minimum absolute atomic E-state index is 0.0817. The van der Waals surface area contributed by atoms with Crippen molar-refractivity contribution in [3.63, 3.8) is 0 Å². The molecule has 0 bridgehead atoms. The lowest BCUT2D eigenvalue weighted by molar-refractivity contribution is -0.112. The molecule has 3 nitrogen and oxygen atoms in total. The monoisotopic (exact) mass is 360 g/mol. The molecule has 0 aliphatic carbocycles. The largest absolute Gasteiger partial charge is 0.302 e. The predicted molar refractivity (Wildman–Crippen MR) is 106 cm³/mol. The van der Waals surface area contributed by atoms with Gasteiger partial charge in [-0.25, -0.2) is 4.99 Å². The van der Waals surface area contributed by atoms with E-state index in [1.165, 1.54) is 0 Å². The van der Waals surface area contributed by atoms with Crippen molar-refractivity contribution in [2.75, 3.05) is 4.90 Å². The van der Waals surface area contributed by atoms with Gasteiger partial charge in [0, 0.05) is 10.6 Å². The third kappa shape index (κ3) is 3.14. The number of aryl methyl sites for hydroxylation is 1. The van der Waals surface area contributed by atoms with E-state index >= 15 is 0 Å². The van der Waals surface area contributed by atoms with Gasteiger partial charge < -0.3 is 4.90 Å². The maximum absolute atomic E-state index is 13.1. The number of aliphatic imine (C=N–C) groups is 1. The minimum atomic E-state index is -0.0817. The van der Waals surface area contributed by atoms with Crippen LogP contribution >= 0.6 is 11.6 Å². The van der Waals surface area contributed by atoms with Crippen LogP contribution in [0.4, 0.5) is 11.4 Å². The number of amides is 1. The van der Waals surface area contributed by atoms with E-state index in [0.29, 0.717) is 17.3 Å². The highest BCUT2D eigenvalue weighted by atomic mass is 35.5. The van der Waals surface area contributed by atoms with Crippen molar-refractivity contribution in [1.29, 1.82) is 0 Å². The number of nitrogens with zero attached hydrogens (tertiary/aromatic N) is 2. The van der Waals surface area contributed by atoms with Crippen molar-refractivity contribution in [3.05, 3.63) is 94.5 Å². The van der Waals surface area contributed by atoms with Crippen molar-refractivity contribution >= 4 is 34.6 Å². The lowest BCUT2D eigenvalue weighted by Gasteiger charge is -2.16. The van der Waals surface area contributed by atoms with Gasteiger partial charge in [-0.1, -0.05) is 59.6 Å². The highest BCUT2D eigenvalue weighted by Gasteiger charge is 2.33. The van der Waals surface area contributed by atoms with Gasteiger partial charge in [0.25, 0.3) is 5.91 Å². The summed E-state index contributed by atoms with van der Waals surface area (Å²) in [4.78, 5) is 19.5. The smallest absolute Gasteiger partial charge is 0.277 e. The molecule has 0 aromatic heterocycles. The van der Waals surface area contributed by atoms with Crippen LogP contribution in [-0.2, 0) is 11.3 Å². The molecule has 3 aromatic rings. The Morgan fingerprint density at radius 3 is 2.35 bits per heavy atom. The lowest BCUT2D eigenvalue weighted by atomic mass is 10.1. The van der Waals surface area contributed by atoms with Crippen molar-refractivity contribution in [1.82, 2.24) is 0 Å². The lowest BCUT2D eigenvalue weighted by Crippen LogP contribution is -2.29. The molecule has 0 saturated carbocycles. The van der Waals surface area contributed by atoms with Gasteiger partial charge in [0.1, 0.15) is 5.71 Å². The van der Waals surface area contributed by atoms with Crippen LogP contribution in [0.25, 0.3) is 0 Å². The summed E-state index contributed by atoms with van der Waals surface area (Å²) in [5.74, 6) is -0.0817. The molecule has 1 aliphatic rings. The van der Waals surface area contributed by atoms with Gasteiger partial charge in [0.05, 0.1) is 17.9 Å². The van der Waals surface area contributed by atoms with E-state index in [0.717, 1.165) is 28.1 Å². The first kappa shape index (κ1) is 16.6. The maximum atomic E-state index is 13.1. The van der Waals surface area contributed by atoms with E-state index in [-0.39, 0.29) is 5.91 Å². The average molecular weight is 361 g/mol. The molecular formula is C22H17ClN2O. The normalized spacial score (nSPS) is 14.8. The summed E-state index contributed by atoms with van der Waals surface area (Å²) >= 11 is 5.96. The van der Waals surface area contributed by atoms with Gasteiger partial charge in [-0.2, -0.15) is 0 Å². The second-order valence-electron chi connectivity index (χ2n) is 6.33. The molecule has 0 atom stereocenters. The second kappa shape index (κ2) is 6.77. The van der Waals surface area contributed by atoms with E-state index in [4.69, 9.17) is 11.6 Å². The van der Waals surface area contributed by atoms with E-state index in [2.05, 4.69) is 4.99 Å². The van der Waals surface area contributed by atoms with Crippen molar-refractivity contribution in [3.8, 4) is 0 Å². The van der Waals surface area contributed by atoms with Gasteiger partial charge in [-0.15, -0.1) is 0 Å². The second-order valence-corrected chi connectivity index (χ2v) is 6.77. The minimum Gasteiger partial charge on any atom is -0.302 e. The number of carbonyl (C=O) groups excluding carboxylic acids is 1. The van der Waals surface area contributed by atoms with Crippen LogP contribution in [0.2, 0.25) is 5.02 Å². The molecule has 128 valence electrons. The fourth-order valence-electron chi connectivity index (χ4n) is 3.05. The summed E-state index contributed by atoms with van der Waals surface area (Å²) in [5, 5.41) is 0.684. The summed E-state index contributed by atoms with van der Waals surface area (Å²) in [6, 6.07) is 23.2. The van der Waals surface area contributed by atoms with Crippen LogP contribution in [0.3, 0.4) is 0 Å². The molecule has 0 saturated heterocycles. The Bertz CT molecular complexity index is 991. The van der Waals surface area contributed by atoms with E-state index in [1.807, 2.05) is 79.7 Å². The molecule has 1 amide bonds. The molecule has 0 radical (unpaired) electrons. The van der Waals surface area contributed by atoms with Crippen LogP contribution in [0.15, 0.2) is 77.8 Å². The zero-order valence-electron chi connectivity index (χ0n) is 14.3. The quantitative estimate of drug-likeness (QED) is 0.622. The van der Waals surface area contributed by atoms with Crippen molar-refractivity contribution in [2.24, 2.45) is 4.99 Å². The predicted octanol–water partition coefficient (Wildman–Crippen LogP) is 5.32. The molecule has 1 heterocycles. The van der Waals surface area contributed by atoms with Crippen LogP contribution in [-0.4, -0.2) is 11.6 Å². The third-order valence-corrected chi connectivity index (χ3v) is 4.68. The summed E-state index contributed by atoms with van der Waals surface area (Å²) in [5.41, 5.74) is 5.21. The Morgan fingerprint density at radius 1 is 0.923 bits per heavy atom. The Labute approximate surface area is 157 Å². The Morgan fingerprint density at radius 2 is 1.62 bits per heavy atom. The number of halogens is 1. The maximum Gasteiger partial charge on any atom is 0.277 e. The number of anilines is 1. The van der Waals surface area contributed by atoms with Gasteiger partial charge >= 0.3 is 0 Å². The SMILES string of the molecule is Cc1ccc(N=C2C(=O)N(Cc3ccc(Cl)cc3)c3ccccc32)cc1. The number of benzene rings is 3. The van der Waals surface area contributed by atoms with Gasteiger partial charge in [-0.3, -0.25) is 4.79 Å². The van der Waals surface area contributed by atoms with E-state index in [1.54, 1.807) is 4.90 Å². The van der Waals surface area contributed by atoms with Gasteiger partial charge in [-0.05, 0) is 42.8 Å². The highest BCUT2D eigenvalue weighted by molar-refractivity contribution is 6.54. The van der Waals surface area contributed by atoms with Crippen LogP contribution in [0, 0.1) is 6.92 Å². The van der Waals surface area contributed by atoms with Crippen molar-refractivity contribution < 1.29 is 4.79 Å². The van der Waals surface area contributed by atoms with Crippen LogP contribution in [0.1, 0.15) is 16.7 Å². The molecule has 4 heteroatoms. The molecule has 0 fully saturated rings.